The Morgan fingerprint density at radius 2 is 1.65 bits per heavy atom. The average Bonchev–Trinajstić information content (AvgIpc) is 2.42. The van der Waals surface area contributed by atoms with Crippen LogP contribution in [0.3, 0.4) is 0 Å². The summed E-state index contributed by atoms with van der Waals surface area (Å²) < 4.78 is 0. The predicted octanol–water partition coefficient (Wildman–Crippen LogP) is 4.85. The number of nitrogens with one attached hydrogen (secondary N) is 1. The highest BCUT2D eigenvalue weighted by Crippen LogP contribution is 2.13. The Labute approximate surface area is 124 Å². The van der Waals surface area contributed by atoms with Gasteiger partial charge in [-0.3, -0.25) is 4.79 Å². The van der Waals surface area contributed by atoms with Crippen LogP contribution in [-0.2, 0) is 0 Å². The molecule has 3 heteroatoms. The van der Waals surface area contributed by atoms with Gasteiger partial charge in [-0.05, 0) is 50.2 Å². The summed E-state index contributed by atoms with van der Waals surface area (Å²) >= 11 is 5.80. The van der Waals surface area contributed by atoms with Gasteiger partial charge in [-0.1, -0.05) is 29.3 Å². The molecule has 0 radical (unpaired) electrons. The fraction of sp³-hybridized carbons (Fsp3) is 0.118. The van der Waals surface area contributed by atoms with Crippen LogP contribution in [0.2, 0.25) is 5.02 Å². The number of halogens is 1. The van der Waals surface area contributed by atoms with Crippen LogP contribution < -0.4 is 5.32 Å². The van der Waals surface area contributed by atoms with E-state index < -0.39 is 0 Å². The van der Waals surface area contributed by atoms with E-state index in [0.29, 0.717) is 10.6 Å². The minimum absolute atomic E-state index is 0.0428. The van der Waals surface area contributed by atoms with Crippen LogP contribution in [0.4, 0.5) is 5.69 Å². The number of ketones is 1. The molecule has 20 heavy (non-hydrogen) atoms. The largest absolute Gasteiger partial charge is 0.359 e. The highest BCUT2D eigenvalue weighted by molar-refractivity contribution is 6.30. The third kappa shape index (κ3) is 3.97. The number of allylic oxidation sites excluding steroid dienone is 2. The number of hydrogen-bond acceptors (Lipinski definition) is 2. The molecule has 0 aliphatic rings. The van der Waals surface area contributed by atoms with Gasteiger partial charge in [0.15, 0.2) is 5.78 Å². The number of rotatable bonds is 4. The fourth-order valence-electron chi connectivity index (χ4n) is 1.79. The van der Waals surface area contributed by atoms with E-state index in [1.54, 1.807) is 30.3 Å². The zero-order valence-corrected chi connectivity index (χ0v) is 12.2. The molecule has 1 N–H and O–H groups in total. The van der Waals surface area contributed by atoms with Gasteiger partial charge >= 0.3 is 0 Å². The molecule has 2 aromatic carbocycles. The van der Waals surface area contributed by atoms with Crippen molar-refractivity contribution in [3.63, 3.8) is 0 Å². The summed E-state index contributed by atoms with van der Waals surface area (Å²) in [6, 6.07) is 14.9. The lowest BCUT2D eigenvalue weighted by atomic mass is 10.1. The Kier molecular flexibility index (Phi) is 4.59. The minimum atomic E-state index is -0.0428. The number of aryl methyl sites for hydroxylation is 1. The van der Waals surface area contributed by atoms with Gasteiger partial charge in [-0.25, -0.2) is 0 Å². The second-order valence-corrected chi connectivity index (χ2v) is 5.13. The zero-order valence-electron chi connectivity index (χ0n) is 11.5. The van der Waals surface area contributed by atoms with E-state index in [4.69, 9.17) is 11.6 Å². The SMILES string of the molecule is C/C(=C/C(=O)c1ccc(Cl)cc1)Nc1ccc(C)cc1. The molecule has 0 saturated heterocycles. The van der Waals surface area contributed by atoms with E-state index in [9.17, 15) is 4.79 Å². The lowest BCUT2D eigenvalue weighted by Crippen LogP contribution is -2.01. The van der Waals surface area contributed by atoms with Gasteiger partial charge in [0.05, 0.1) is 0 Å². The Morgan fingerprint density at radius 1 is 1.05 bits per heavy atom. The van der Waals surface area contributed by atoms with Crippen LogP contribution in [0, 0.1) is 6.92 Å². The normalized spacial score (nSPS) is 11.2. The molecule has 0 aliphatic carbocycles. The molecular weight excluding hydrogens is 270 g/mol. The number of carbonyl (C=O) groups is 1. The van der Waals surface area contributed by atoms with Gasteiger partial charge in [0.1, 0.15) is 0 Å². The number of carbonyl (C=O) groups excluding carboxylic acids is 1. The van der Waals surface area contributed by atoms with Crippen LogP contribution in [0.1, 0.15) is 22.8 Å². The maximum atomic E-state index is 12.1. The third-order valence-corrected chi connectivity index (χ3v) is 3.12. The third-order valence-electron chi connectivity index (χ3n) is 2.87. The van der Waals surface area contributed by atoms with Gasteiger partial charge in [-0.2, -0.15) is 0 Å². The van der Waals surface area contributed by atoms with Crippen molar-refractivity contribution >= 4 is 23.1 Å². The summed E-state index contributed by atoms with van der Waals surface area (Å²) in [6.45, 7) is 3.91. The van der Waals surface area contributed by atoms with Crippen LogP contribution >= 0.6 is 11.6 Å². The monoisotopic (exact) mass is 285 g/mol. The summed E-state index contributed by atoms with van der Waals surface area (Å²) in [4.78, 5) is 12.1. The summed E-state index contributed by atoms with van der Waals surface area (Å²) in [6.07, 6.45) is 1.59. The van der Waals surface area contributed by atoms with Crippen molar-refractivity contribution in [2.75, 3.05) is 5.32 Å². The minimum Gasteiger partial charge on any atom is -0.359 e. The van der Waals surface area contributed by atoms with E-state index in [2.05, 4.69) is 5.32 Å². The van der Waals surface area contributed by atoms with Crippen molar-refractivity contribution in [3.8, 4) is 0 Å². The second-order valence-electron chi connectivity index (χ2n) is 4.69. The molecule has 2 aromatic rings. The summed E-state index contributed by atoms with van der Waals surface area (Å²) in [5.74, 6) is -0.0428. The van der Waals surface area contributed by atoms with Gasteiger partial charge < -0.3 is 5.32 Å². The summed E-state index contributed by atoms with van der Waals surface area (Å²) in [7, 11) is 0. The molecule has 0 fully saturated rings. The molecule has 102 valence electrons. The van der Waals surface area contributed by atoms with Gasteiger partial charge in [0.2, 0.25) is 0 Å². The average molecular weight is 286 g/mol. The molecule has 0 heterocycles. The Hall–Kier alpha value is -2.06. The maximum absolute atomic E-state index is 12.1. The summed E-state index contributed by atoms with van der Waals surface area (Å²) in [5, 5.41) is 3.82. The first kappa shape index (κ1) is 14.4. The first-order valence-electron chi connectivity index (χ1n) is 6.36. The van der Waals surface area contributed by atoms with Crippen LogP contribution in [0.5, 0.6) is 0 Å². The van der Waals surface area contributed by atoms with Crippen molar-refractivity contribution in [3.05, 3.63) is 76.5 Å². The first-order valence-corrected chi connectivity index (χ1v) is 6.74. The standard InChI is InChI=1S/C17H16ClNO/c1-12-3-9-16(10-4-12)19-13(2)11-17(20)14-5-7-15(18)8-6-14/h3-11,19H,1-2H3/b13-11-. The van der Waals surface area contributed by atoms with Crippen molar-refractivity contribution in [2.24, 2.45) is 0 Å². The molecule has 0 amide bonds. The number of anilines is 1. The lowest BCUT2D eigenvalue weighted by Gasteiger charge is -2.06. The predicted molar refractivity (Wildman–Crippen MR) is 84.3 cm³/mol. The molecule has 0 aromatic heterocycles. The molecular formula is C17H16ClNO. The summed E-state index contributed by atoms with van der Waals surface area (Å²) in [5.41, 5.74) is 3.59. The maximum Gasteiger partial charge on any atom is 0.187 e. The molecule has 0 saturated carbocycles. The van der Waals surface area contributed by atoms with Gasteiger partial charge in [0, 0.05) is 28.0 Å². The number of benzene rings is 2. The van der Waals surface area contributed by atoms with Crippen LogP contribution in [0.15, 0.2) is 60.3 Å². The molecule has 0 unspecified atom stereocenters. The smallest absolute Gasteiger partial charge is 0.187 e. The Morgan fingerprint density at radius 3 is 2.25 bits per heavy atom. The van der Waals surface area contributed by atoms with Crippen LogP contribution in [-0.4, -0.2) is 5.78 Å². The Bertz CT molecular complexity index is 627. The van der Waals surface area contributed by atoms with Crippen LogP contribution in [0.25, 0.3) is 0 Å². The molecule has 2 rings (SSSR count). The van der Waals surface area contributed by atoms with Crippen molar-refractivity contribution in [1.82, 2.24) is 0 Å². The zero-order chi connectivity index (χ0) is 14.5. The van der Waals surface area contributed by atoms with E-state index in [0.717, 1.165) is 11.4 Å². The van der Waals surface area contributed by atoms with Crippen molar-refractivity contribution < 1.29 is 4.79 Å². The van der Waals surface area contributed by atoms with Crippen molar-refractivity contribution in [2.45, 2.75) is 13.8 Å². The molecule has 0 spiro atoms. The van der Waals surface area contributed by atoms with E-state index >= 15 is 0 Å². The number of hydrogen-bond donors (Lipinski definition) is 1. The Balaban J connectivity index is 2.07. The molecule has 0 atom stereocenters. The first-order chi connectivity index (χ1) is 9.54. The fourth-order valence-corrected chi connectivity index (χ4v) is 1.92. The van der Waals surface area contributed by atoms with E-state index in [1.165, 1.54) is 5.56 Å². The molecule has 0 aliphatic heterocycles. The van der Waals surface area contributed by atoms with Gasteiger partial charge in [-0.15, -0.1) is 0 Å². The highest BCUT2D eigenvalue weighted by atomic mass is 35.5. The van der Waals surface area contributed by atoms with E-state index in [-0.39, 0.29) is 5.78 Å². The van der Waals surface area contributed by atoms with E-state index in [1.807, 2.05) is 38.1 Å². The highest BCUT2D eigenvalue weighted by Gasteiger charge is 2.03. The lowest BCUT2D eigenvalue weighted by molar-refractivity contribution is 0.104. The second kappa shape index (κ2) is 6.40. The molecule has 0 bridgehead atoms. The topological polar surface area (TPSA) is 29.1 Å². The quantitative estimate of drug-likeness (QED) is 0.643. The molecule has 2 nitrogen and oxygen atoms in total. The van der Waals surface area contributed by atoms with Gasteiger partial charge in [0.25, 0.3) is 0 Å². The van der Waals surface area contributed by atoms with Crippen molar-refractivity contribution in [1.29, 1.82) is 0 Å².